The molecule has 4 nitrogen and oxygen atoms in total. The van der Waals surface area contributed by atoms with E-state index in [2.05, 4.69) is 10.6 Å². The fourth-order valence-corrected chi connectivity index (χ4v) is 2.71. The van der Waals surface area contributed by atoms with Gasteiger partial charge in [-0.15, -0.1) is 0 Å². The van der Waals surface area contributed by atoms with Crippen molar-refractivity contribution >= 4 is 29.0 Å². The Morgan fingerprint density at radius 3 is 2.42 bits per heavy atom. The second-order valence-corrected chi connectivity index (χ2v) is 5.69. The SMILES string of the molecule is COC(=O)c1ccc(C2C=C(c3ccc(F)cc3)NC(=S)N2)cc1. The lowest BCUT2D eigenvalue weighted by Gasteiger charge is -2.26. The third-order valence-corrected chi connectivity index (χ3v) is 3.93. The van der Waals surface area contributed by atoms with Gasteiger partial charge in [0, 0.05) is 5.70 Å². The van der Waals surface area contributed by atoms with Crippen LogP contribution in [0.5, 0.6) is 0 Å². The van der Waals surface area contributed by atoms with Crippen LogP contribution in [0.4, 0.5) is 4.39 Å². The molecule has 0 aliphatic carbocycles. The Kier molecular flexibility index (Phi) is 4.57. The minimum atomic E-state index is -0.377. The van der Waals surface area contributed by atoms with Crippen molar-refractivity contribution < 1.29 is 13.9 Å². The first-order chi connectivity index (χ1) is 11.6. The first-order valence-corrected chi connectivity index (χ1v) is 7.71. The highest BCUT2D eigenvalue weighted by atomic mass is 32.1. The molecule has 0 spiro atoms. The van der Waals surface area contributed by atoms with Gasteiger partial charge in [-0.3, -0.25) is 0 Å². The van der Waals surface area contributed by atoms with Crippen molar-refractivity contribution in [3.05, 3.63) is 77.1 Å². The molecular weight excluding hydrogens is 327 g/mol. The number of methoxy groups -OCH3 is 1. The van der Waals surface area contributed by atoms with E-state index in [0.29, 0.717) is 10.7 Å². The summed E-state index contributed by atoms with van der Waals surface area (Å²) in [4.78, 5) is 11.5. The molecule has 0 radical (unpaired) electrons. The molecule has 122 valence electrons. The molecule has 1 atom stereocenters. The number of hydrogen-bond donors (Lipinski definition) is 2. The molecule has 1 heterocycles. The number of halogens is 1. The normalized spacial score (nSPS) is 16.7. The highest BCUT2D eigenvalue weighted by molar-refractivity contribution is 7.80. The first-order valence-electron chi connectivity index (χ1n) is 7.30. The van der Waals surface area contributed by atoms with Crippen LogP contribution < -0.4 is 10.6 Å². The van der Waals surface area contributed by atoms with Crippen molar-refractivity contribution in [2.24, 2.45) is 0 Å². The molecule has 1 unspecified atom stereocenters. The topological polar surface area (TPSA) is 50.4 Å². The summed E-state index contributed by atoms with van der Waals surface area (Å²) >= 11 is 5.26. The molecule has 0 saturated carbocycles. The van der Waals surface area contributed by atoms with Gasteiger partial charge in [-0.2, -0.15) is 0 Å². The minimum absolute atomic E-state index is 0.148. The fourth-order valence-electron chi connectivity index (χ4n) is 2.47. The van der Waals surface area contributed by atoms with Gasteiger partial charge in [0.2, 0.25) is 0 Å². The average Bonchev–Trinajstić information content (AvgIpc) is 2.61. The van der Waals surface area contributed by atoms with Crippen molar-refractivity contribution in [1.82, 2.24) is 10.6 Å². The van der Waals surface area contributed by atoms with Crippen molar-refractivity contribution in [3.63, 3.8) is 0 Å². The van der Waals surface area contributed by atoms with Crippen LogP contribution >= 0.6 is 12.2 Å². The van der Waals surface area contributed by atoms with Crippen LogP contribution in [0.2, 0.25) is 0 Å². The fraction of sp³-hybridized carbons (Fsp3) is 0.111. The van der Waals surface area contributed by atoms with Gasteiger partial charge in [0.15, 0.2) is 5.11 Å². The van der Waals surface area contributed by atoms with Crippen molar-refractivity contribution in [3.8, 4) is 0 Å². The van der Waals surface area contributed by atoms with Gasteiger partial charge in [-0.25, -0.2) is 9.18 Å². The summed E-state index contributed by atoms with van der Waals surface area (Å²) in [5, 5.41) is 6.72. The number of rotatable bonds is 3. The van der Waals surface area contributed by atoms with Gasteiger partial charge in [0.1, 0.15) is 5.82 Å². The van der Waals surface area contributed by atoms with Gasteiger partial charge in [0.25, 0.3) is 0 Å². The quantitative estimate of drug-likeness (QED) is 0.663. The summed E-state index contributed by atoms with van der Waals surface area (Å²) in [6.07, 6.45) is 1.97. The highest BCUT2D eigenvalue weighted by Crippen LogP contribution is 2.24. The van der Waals surface area contributed by atoms with Crippen LogP contribution in [0.25, 0.3) is 5.70 Å². The number of nitrogens with one attached hydrogen (secondary N) is 2. The second-order valence-electron chi connectivity index (χ2n) is 5.28. The standard InChI is InChI=1S/C18H15FN2O2S/c1-23-17(22)13-4-2-11(3-5-13)15-10-16(21-18(24)20-15)12-6-8-14(19)9-7-12/h2-10,15H,1H3,(H2,20,21,24). The summed E-state index contributed by atoms with van der Waals surface area (Å²) in [6.45, 7) is 0. The maximum absolute atomic E-state index is 13.1. The lowest BCUT2D eigenvalue weighted by Crippen LogP contribution is -2.40. The first kappa shape index (κ1) is 16.1. The molecule has 0 aromatic heterocycles. The van der Waals surface area contributed by atoms with Crippen LogP contribution in [0.1, 0.15) is 27.5 Å². The summed E-state index contributed by atoms with van der Waals surface area (Å²) in [6, 6.07) is 13.2. The van der Waals surface area contributed by atoms with E-state index >= 15 is 0 Å². The molecule has 1 aliphatic rings. The van der Waals surface area contributed by atoms with Crippen LogP contribution in [0.3, 0.4) is 0 Å². The zero-order chi connectivity index (χ0) is 17.1. The Hall–Kier alpha value is -2.73. The van der Waals surface area contributed by atoms with E-state index in [1.807, 2.05) is 18.2 Å². The molecule has 0 saturated heterocycles. The Balaban J connectivity index is 1.89. The molecule has 24 heavy (non-hydrogen) atoms. The second kappa shape index (κ2) is 6.80. The monoisotopic (exact) mass is 342 g/mol. The van der Waals surface area contributed by atoms with Gasteiger partial charge < -0.3 is 15.4 Å². The van der Waals surface area contributed by atoms with E-state index in [9.17, 15) is 9.18 Å². The number of benzene rings is 2. The van der Waals surface area contributed by atoms with E-state index in [4.69, 9.17) is 17.0 Å². The number of hydrogen-bond acceptors (Lipinski definition) is 3. The van der Waals surface area contributed by atoms with E-state index in [-0.39, 0.29) is 17.8 Å². The molecule has 2 aromatic rings. The summed E-state index contributed by atoms with van der Waals surface area (Å²) in [5.74, 6) is -0.663. The summed E-state index contributed by atoms with van der Waals surface area (Å²) < 4.78 is 17.8. The molecule has 0 amide bonds. The van der Waals surface area contributed by atoms with E-state index in [1.165, 1.54) is 19.2 Å². The third kappa shape index (κ3) is 3.44. The molecule has 0 bridgehead atoms. The molecule has 3 rings (SSSR count). The molecule has 6 heteroatoms. The number of carbonyl (C=O) groups excluding carboxylic acids is 1. The zero-order valence-electron chi connectivity index (χ0n) is 12.9. The highest BCUT2D eigenvalue weighted by Gasteiger charge is 2.19. The van der Waals surface area contributed by atoms with Crippen LogP contribution in [0, 0.1) is 5.82 Å². The van der Waals surface area contributed by atoms with E-state index in [1.54, 1.807) is 24.3 Å². The molecule has 2 aromatic carbocycles. The largest absolute Gasteiger partial charge is 0.465 e. The van der Waals surface area contributed by atoms with Gasteiger partial charge in [-0.05, 0) is 65.8 Å². The van der Waals surface area contributed by atoms with Crippen LogP contribution in [-0.2, 0) is 4.74 Å². The number of thiocarbonyl (C=S) groups is 1. The van der Waals surface area contributed by atoms with Gasteiger partial charge >= 0.3 is 5.97 Å². The Labute approximate surface area is 144 Å². The Morgan fingerprint density at radius 1 is 1.12 bits per heavy atom. The minimum Gasteiger partial charge on any atom is -0.465 e. The molecular formula is C18H15FN2O2S. The molecule has 0 fully saturated rings. The van der Waals surface area contributed by atoms with Crippen molar-refractivity contribution in [1.29, 1.82) is 0 Å². The summed E-state index contributed by atoms with van der Waals surface area (Å²) in [7, 11) is 1.35. The number of carbonyl (C=O) groups is 1. The van der Waals surface area contributed by atoms with E-state index in [0.717, 1.165) is 16.8 Å². The van der Waals surface area contributed by atoms with Crippen molar-refractivity contribution in [2.75, 3.05) is 7.11 Å². The Bertz CT molecular complexity index is 801. The Morgan fingerprint density at radius 2 is 1.79 bits per heavy atom. The lowest BCUT2D eigenvalue weighted by atomic mass is 10.0. The smallest absolute Gasteiger partial charge is 0.337 e. The lowest BCUT2D eigenvalue weighted by molar-refractivity contribution is 0.0600. The van der Waals surface area contributed by atoms with Crippen LogP contribution in [-0.4, -0.2) is 18.2 Å². The number of ether oxygens (including phenoxy) is 1. The maximum atomic E-state index is 13.1. The van der Waals surface area contributed by atoms with Crippen molar-refractivity contribution in [2.45, 2.75) is 6.04 Å². The maximum Gasteiger partial charge on any atom is 0.337 e. The summed E-state index contributed by atoms with van der Waals surface area (Å²) in [5.41, 5.74) is 3.09. The van der Waals surface area contributed by atoms with Crippen LogP contribution in [0.15, 0.2) is 54.6 Å². The average molecular weight is 342 g/mol. The predicted molar refractivity (Wildman–Crippen MR) is 93.8 cm³/mol. The van der Waals surface area contributed by atoms with E-state index < -0.39 is 0 Å². The third-order valence-electron chi connectivity index (χ3n) is 3.71. The zero-order valence-corrected chi connectivity index (χ0v) is 13.7. The molecule has 1 aliphatic heterocycles. The van der Waals surface area contributed by atoms with Gasteiger partial charge in [-0.1, -0.05) is 12.1 Å². The molecule has 2 N–H and O–H groups in total. The predicted octanol–water partition coefficient (Wildman–Crippen LogP) is 3.17. The van der Waals surface area contributed by atoms with Gasteiger partial charge in [0.05, 0.1) is 18.7 Å². The number of esters is 1.